The van der Waals surface area contributed by atoms with E-state index in [4.69, 9.17) is 9.15 Å². The van der Waals surface area contributed by atoms with Crippen molar-refractivity contribution in [3.63, 3.8) is 0 Å². The maximum absolute atomic E-state index is 13.7. The van der Waals surface area contributed by atoms with Crippen LogP contribution in [-0.4, -0.2) is 34.8 Å². The minimum atomic E-state index is -0.334. The third kappa shape index (κ3) is 5.93. The molecule has 1 aromatic heterocycles. The van der Waals surface area contributed by atoms with Crippen molar-refractivity contribution in [1.29, 1.82) is 0 Å². The lowest BCUT2D eigenvalue weighted by Crippen LogP contribution is -2.41. The first-order valence-corrected chi connectivity index (χ1v) is 12.4. The Morgan fingerprint density at radius 1 is 1.22 bits per heavy atom. The Balaban J connectivity index is 1.56. The van der Waals surface area contributed by atoms with E-state index in [9.17, 15) is 14.0 Å². The molecule has 3 aromatic rings. The fourth-order valence-corrected chi connectivity index (χ4v) is 4.38. The van der Waals surface area contributed by atoms with Crippen molar-refractivity contribution in [1.82, 2.24) is 15.2 Å². The molecule has 0 aliphatic carbocycles. The van der Waals surface area contributed by atoms with Crippen LogP contribution >= 0.6 is 0 Å². The number of benzene rings is 2. The topological polar surface area (TPSA) is 84.7 Å². The number of ether oxygens (including phenoxy) is 1. The van der Waals surface area contributed by atoms with E-state index in [1.165, 1.54) is 18.4 Å². The summed E-state index contributed by atoms with van der Waals surface area (Å²) in [6, 6.07) is 11.8. The van der Waals surface area contributed by atoms with Crippen LogP contribution in [0.2, 0.25) is 0 Å². The molecule has 0 saturated carbocycles. The monoisotopic (exact) mass is 493 g/mol. The molecule has 36 heavy (non-hydrogen) atoms. The molecular formula is C28H32FN3O4. The molecule has 1 atom stereocenters. The molecule has 0 spiro atoms. The maximum atomic E-state index is 13.7. The molecule has 0 radical (unpaired) electrons. The van der Waals surface area contributed by atoms with Crippen LogP contribution in [0.15, 0.2) is 53.1 Å². The Kier molecular flexibility index (Phi) is 8.03. The van der Waals surface area contributed by atoms with Crippen molar-refractivity contribution in [3.05, 3.63) is 82.8 Å². The molecule has 2 heterocycles. The maximum Gasteiger partial charge on any atom is 0.273 e. The van der Waals surface area contributed by atoms with E-state index in [2.05, 4.69) is 10.3 Å². The molecule has 1 unspecified atom stereocenters. The summed E-state index contributed by atoms with van der Waals surface area (Å²) >= 11 is 0. The fraction of sp³-hybridized carbons (Fsp3) is 0.393. The van der Waals surface area contributed by atoms with E-state index < -0.39 is 0 Å². The summed E-state index contributed by atoms with van der Waals surface area (Å²) < 4.78 is 25.0. The summed E-state index contributed by atoms with van der Waals surface area (Å²) in [4.78, 5) is 31.3. The Morgan fingerprint density at radius 2 is 2.00 bits per heavy atom. The second-order valence-electron chi connectivity index (χ2n) is 9.42. The highest BCUT2D eigenvalue weighted by atomic mass is 19.1. The zero-order valence-electron chi connectivity index (χ0n) is 20.9. The highest BCUT2D eigenvalue weighted by Crippen LogP contribution is 2.38. The van der Waals surface area contributed by atoms with E-state index >= 15 is 0 Å². The van der Waals surface area contributed by atoms with E-state index in [1.54, 1.807) is 12.1 Å². The van der Waals surface area contributed by atoms with Crippen LogP contribution in [-0.2, 0) is 17.8 Å². The van der Waals surface area contributed by atoms with Gasteiger partial charge in [-0.2, -0.15) is 0 Å². The summed E-state index contributed by atoms with van der Waals surface area (Å²) in [5.74, 6) is 0.587. The number of hydrogen-bond donors (Lipinski definition) is 1. The van der Waals surface area contributed by atoms with Crippen molar-refractivity contribution in [2.75, 3.05) is 13.1 Å². The van der Waals surface area contributed by atoms with Crippen LogP contribution in [0.1, 0.15) is 72.7 Å². The largest absolute Gasteiger partial charge is 0.484 e. The van der Waals surface area contributed by atoms with Crippen LogP contribution in [0.4, 0.5) is 4.39 Å². The van der Waals surface area contributed by atoms with Crippen LogP contribution in [0.3, 0.4) is 0 Å². The number of carbonyl (C=O) groups is 2. The van der Waals surface area contributed by atoms with Gasteiger partial charge in [-0.1, -0.05) is 39.0 Å². The number of aromatic nitrogens is 1. The highest BCUT2D eigenvalue weighted by Gasteiger charge is 2.32. The second-order valence-corrected chi connectivity index (χ2v) is 9.42. The molecule has 2 aromatic carbocycles. The molecule has 4 rings (SSSR count). The van der Waals surface area contributed by atoms with Gasteiger partial charge in [0.2, 0.25) is 11.8 Å². The summed E-state index contributed by atoms with van der Waals surface area (Å²) in [7, 11) is 0. The zero-order valence-corrected chi connectivity index (χ0v) is 20.9. The Hall–Kier alpha value is -3.68. The van der Waals surface area contributed by atoms with Gasteiger partial charge in [0.05, 0.1) is 6.04 Å². The number of amides is 2. The molecule has 8 heteroatoms. The number of nitrogens with zero attached hydrogens (tertiary/aromatic N) is 2. The summed E-state index contributed by atoms with van der Waals surface area (Å²) in [5.41, 5.74) is 3.14. The van der Waals surface area contributed by atoms with Crippen LogP contribution in [0.5, 0.6) is 5.75 Å². The average Bonchev–Trinajstić information content (AvgIpc) is 3.34. The van der Waals surface area contributed by atoms with Gasteiger partial charge in [0.25, 0.3) is 5.91 Å². The van der Waals surface area contributed by atoms with Gasteiger partial charge in [0.15, 0.2) is 12.3 Å². The van der Waals surface area contributed by atoms with Gasteiger partial charge >= 0.3 is 0 Å². The number of halogens is 1. The van der Waals surface area contributed by atoms with Gasteiger partial charge in [0.1, 0.15) is 17.8 Å². The normalized spacial score (nSPS) is 15.0. The third-order valence-electron chi connectivity index (χ3n) is 6.12. The predicted octanol–water partition coefficient (Wildman–Crippen LogP) is 5.05. The smallest absolute Gasteiger partial charge is 0.273 e. The van der Waals surface area contributed by atoms with Gasteiger partial charge in [-0.25, -0.2) is 9.37 Å². The van der Waals surface area contributed by atoms with Gasteiger partial charge in [0, 0.05) is 19.5 Å². The van der Waals surface area contributed by atoms with E-state index in [0.29, 0.717) is 25.3 Å². The van der Waals surface area contributed by atoms with Crippen molar-refractivity contribution >= 4 is 11.8 Å². The lowest BCUT2D eigenvalue weighted by molar-refractivity contribution is -0.134. The van der Waals surface area contributed by atoms with Crippen molar-refractivity contribution in [3.8, 4) is 5.75 Å². The zero-order chi connectivity index (χ0) is 25.7. The minimum absolute atomic E-state index is 0.0526. The number of carbonyl (C=O) groups excluding carboxylic acids is 2. The molecule has 1 aliphatic heterocycles. The molecule has 0 bridgehead atoms. The SMILES string of the molecule is CCCNC(=O)c1coc(COc2ccc3c(c2)C(c2ccc(F)cc2)N(C(=O)CC(C)C)CC3)n1. The molecule has 0 saturated heterocycles. The molecule has 1 N–H and O–H groups in total. The summed E-state index contributed by atoms with van der Waals surface area (Å²) in [6.07, 6.45) is 3.32. The predicted molar refractivity (Wildman–Crippen MR) is 133 cm³/mol. The summed E-state index contributed by atoms with van der Waals surface area (Å²) in [5, 5.41) is 2.76. The van der Waals surface area contributed by atoms with Gasteiger partial charge in [-0.05, 0) is 59.7 Å². The Bertz CT molecular complexity index is 1210. The quantitative estimate of drug-likeness (QED) is 0.451. The third-order valence-corrected chi connectivity index (χ3v) is 6.12. The molecule has 190 valence electrons. The number of fused-ring (bicyclic) bond motifs is 1. The van der Waals surface area contributed by atoms with E-state index in [0.717, 1.165) is 29.5 Å². The summed E-state index contributed by atoms with van der Waals surface area (Å²) in [6.45, 7) is 7.24. The molecule has 2 amide bonds. The highest BCUT2D eigenvalue weighted by molar-refractivity contribution is 5.91. The van der Waals surface area contributed by atoms with Gasteiger partial charge < -0.3 is 19.4 Å². The minimum Gasteiger partial charge on any atom is -0.484 e. The lowest BCUT2D eigenvalue weighted by Gasteiger charge is -2.38. The van der Waals surface area contributed by atoms with Crippen molar-refractivity contribution in [2.45, 2.75) is 52.7 Å². The first-order valence-electron chi connectivity index (χ1n) is 12.4. The molecule has 0 fully saturated rings. The van der Waals surface area contributed by atoms with Crippen LogP contribution in [0.25, 0.3) is 0 Å². The van der Waals surface area contributed by atoms with Crippen LogP contribution < -0.4 is 10.1 Å². The fourth-order valence-electron chi connectivity index (χ4n) is 4.38. The molecular weight excluding hydrogens is 461 g/mol. The van der Waals surface area contributed by atoms with Crippen molar-refractivity contribution in [2.24, 2.45) is 5.92 Å². The second kappa shape index (κ2) is 11.4. The first kappa shape index (κ1) is 25.4. The van der Waals surface area contributed by atoms with Crippen molar-refractivity contribution < 1.29 is 23.1 Å². The van der Waals surface area contributed by atoms with E-state index in [-0.39, 0.29) is 47.8 Å². The van der Waals surface area contributed by atoms with Gasteiger partial charge in [-0.3, -0.25) is 9.59 Å². The number of rotatable bonds is 9. The van der Waals surface area contributed by atoms with E-state index in [1.807, 2.05) is 43.9 Å². The Labute approximate surface area is 210 Å². The number of hydrogen-bond acceptors (Lipinski definition) is 5. The molecule has 7 nitrogen and oxygen atoms in total. The Morgan fingerprint density at radius 3 is 2.72 bits per heavy atom. The number of oxazole rings is 1. The molecule has 1 aliphatic rings. The standard InChI is InChI=1S/C28H32FN3O4/c1-4-12-30-28(34)24-16-36-25(31-24)17-35-22-10-7-19-11-13-32(26(33)14-18(2)3)27(23(19)15-22)20-5-8-21(29)9-6-20/h5-10,15-16,18,27H,4,11-14,17H2,1-3H3,(H,30,34). The number of nitrogens with one attached hydrogen (secondary N) is 1. The first-order chi connectivity index (χ1) is 17.4. The van der Waals surface area contributed by atoms with Crippen LogP contribution in [0, 0.1) is 11.7 Å². The lowest BCUT2D eigenvalue weighted by atomic mass is 9.87. The van der Waals surface area contributed by atoms with Gasteiger partial charge in [-0.15, -0.1) is 0 Å². The average molecular weight is 494 g/mol.